The molecule has 1 aromatic heterocycles. The number of fused-ring (bicyclic) bond motifs is 1. The molecule has 2 nitrogen and oxygen atoms in total. The normalized spacial score (nSPS) is 13.9. The van der Waals surface area contributed by atoms with Gasteiger partial charge in [-0.3, -0.25) is 0 Å². The topological polar surface area (TPSA) is 17.3 Å². The first-order valence-corrected chi connectivity index (χ1v) is 10.1. The third kappa shape index (κ3) is 6.16. The molecule has 2 heteroatoms. The van der Waals surface area contributed by atoms with E-state index in [9.17, 15) is 0 Å². The molecule has 0 spiro atoms. The molecule has 0 aliphatic carbocycles. The lowest BCUT2D eigenvalue weighted by atomic mass is 10.0. The van der Waals surface area contributed by atoms with E-state index in [0.717, 1.165) is 0 Å². The van der Waals surface area contributed by atoms with Crippen LogP contribution in [0.4, 0.5) is 0 Å². The number of aryl methyl sites for hydroxylation is 2. The van der Waals surface area contributed by atoms with Gasteiger partial charge in [0.25, 0.3) is 0 Å². The zero-order valence-electron chi connectivity index (χ0n) is 15.4. The van der Waals surface area contributed by atoms with Crippen molar-refractivity contribution in [2.75, 3.05) is 0 Å². The second-order valence-corrected chi connectivity index (χ2v) is 7.12. The van der Waals surface area contributed by atoms with Gasteiger partial charge in [-0.15, -0.1) is 0 Å². The molecule has 0 fully saturated rings. The standard InChI is InChI=1S/C21H36N2/c1-3-5-7-9-11-13-19-15-16-21-18-17-20(23(21)22-19)14-12-10-8-6-4-2/h17-18H,3-16H2,1-2H3. The molecule has 130 valence electrons. The van der Waals surface area contributed by atoms with E-state index in [1.165, 1.54) is 107 Å². The molecular formula is C21H36N2. The summed E-state index contributed by atoms with van der Waals surface area (Å²) in [5.41, 5.74) is 4.28. The fourth-order valence-electron chi connectivity index (χ4n) is 3.51. The van der Waals surface area contributed by atoms with Gasteiger partial charge in [0.15, 0.2) is 0 Å². The highest BCUT2D eigenvalue weighted by atomic mass is 15.4. The van der Waals surface area contributed by atoms with Crippen molar-refractivity contribution in [2.45, 2.75) is 104 Å². The first-order valence-electron chi connectivity index (χ1n) is 10.1. The van der Waals surface area contributed by atoms with E-state index in [1.807, 2.05) is 0 Å². The molecule has 2 heterocycles. The molecule has 0 radical (unpaired) electrons. The van der Waals surface area contributed by atoms with Gasteiger partial charge in [0.1, 0.15) is 0 Å². The summed E-state index contributed by atoms with van der Waals surface area (Å²) in [4.78, 5) is 0. The average Bonchev–Trinajstić information content (AvgIpc) is 2.97. The third-order valence-electron chi connectivity index (χ3n) is 5.03. The van der Waals surface area contributed by atoms with Crippen LogP contribution >= 0.6 is 0 Å². The van der Waals surface area contributed by atoms with Crippen LogP contribution in [-0.2, 0) is 12.8 Å². The first-order chi connectivity index (χ1) is 11.3. The van der Waals surface area contributed by atoms with Crippen molar-refractivity contribution >= 4 is 5.71 Å². The third-order valence-corrected chi connectivity index (χ3v) is 5.03. The zero-order chi connectivity index (χ0) is 16.3. The van der Waals surface area contributed by atoms with E-state index in [2.05, 4.69) is 30.7 Å². The quantitative estimate of drug-likeness (QED) is 0.391. The summed E-state index contributed by atoms with van der Waals surface area (Å²) in [6.45, 7) is 4.56. The first kappa shape index (κ1) is 18.3. The Bertz CT molecular complexity index is 470. The molecule has 0 saturated heterocycles. The maximum atomic E-state index is 4.97. The summed E-state index contributed by atoms with van der Waals surface area (Å²) in [5, 5.41) is 4.97. The largest absolute Gasteiger partial charge is 0.242 e. The molecule has 1 aliphatic heterocycles. The molecule has 0 atom stereocenters. The fraction of sp³-hybridized carbons (Fsp3) is 0.762. The molecule has 2 rings (SSSR count). The maximum Gasteiger partial charge on any atom is 0.0427 e. The van der Waals surface area contributed by atoms with Gasteiger partial charge in [-0.25, -0.2) is 4.68 Å². The van der Waals surface area contributed by atoms with E-state index in [0.29, 0.717) is 0 Å². The number of hydrogen-bond donors (Lipinski definition) is 0. The molecule has 23 heavy (non-hydrogen) atoms. The lowest BCUT2D eigenvalue weighted by molar-refractivity contribution is 0.607. The van der Waals surface area contributed by atoms with Crippen LogP contribution in [0.1, 0.15) is 102 Å². The van der Waals surface area contributed by atoms with E-state index >= 15 is 0 Å². The van der Waals surface area contributed by atoms with E-state index in [4.69, 9.17) is 5.10 Å². The van der Waals surface area contributed by atoms with Crippen LogP contribution in [-0.4, -0.2) is 10.4 Å². The summed E-state index contributed by atoms with van der Waals surface area (Å²) in [6, 6.07) is 4.60. The number of unbranched alkanes of at least 4 members (excludes halogenated alkanes) is 8. The Labute approximate surface area is 143 Å². The van der Waals surface area contributed by atoms with Gasteiger partial charge in [-0.05, 0) is 50.7 Å². The Kier molecular flexibility index (Phi) is 8.49. The van der Waals surface area contributed by atoms with Crippen LogP contribution in [0.25, 0.3) is 0 Å². The molecule has 0 saturated carbocycles. The highest BCUT2D eigenvalue weighted by Crippen LogP contribution is 2.20. The van der Waals surface area contributed by atoms with E-state index in [1.54, 1.807) is 0 Å². The van der Waals surface area contributed by atoms with Crippen molar-refractivity contribution < 1.29 is 0 Å². The maximum absolute atomic E-state index is 4.97. The van der Waals surface area contributed by atoms with Crippen molar-refractivity contribution in [3.05, 3.63) is 23.5 Å². The number of hydrogen-bond acceptors (Lipinski definition) is 1. The summed E-state index contributed by atoms with van der Waals surface area (Å²) in [7, 11) is 0. The van der Waals surface area contributed by atoms with Crippen molar-refractivity contribution in [2.24, 2.45) is 5.10 Å². The molecule has 0 N–H and O–H groups in total. The van der Waals surface area contributed by atoms with Crippen LogP contribution in [0.2, 0.25) is 0 Å². The molecule has 0 bridgehead atoms. The number of rotatable bonds is 12. The lowest BCUT2D eigenvalue weighted by Crippen LogP contribution is -2.14. The number of nitrogens with zero attached hydrogens (tertiary/aromatic N) is 2. The SMILES string of the molecule is CCCCCCCC1=Nn2c(CCCCCCC)ccc2CC1. The molecule has 0 amide bonds. The van der Waals surface area contributed by atoms with Gasteiger partial charge in [0.2, 0.25) is 0 Å². The van der Waals surface area contributed by atoms with Crippen molar-refractivity contribution in [3.8, 4) is 0 Å². The zero-order valence-corrected chi connectivity index (χ0v) is 15.4. The fourth-order valence-corrected chi connectivity index (χ4v) is 3.51. The van der Waals surface area contributed by atoms with Gasteiger partial charge < -0.3 is 0 Å². The van der Waals surface area contributed by atoms with Gasteiger partial charge in [0, 0.05) is 17.1 Å². The minimum Gasteiger partial charge on any atom is -0.242 e. The van der Waals surface area contributed by atoms with Gasteiger partial charge in [-0.1, -0.05) is 65.2 Å². The second-order valence-electron chi connectivity index (χ2n) is 7.12. The van der Waals surface area contributed by atoms with Crippen LogP contribution in [0.15, 0.2) is 17.2 Å². The predicted octanol–water partition coefficient (Wildman–Crippen LogP) is 6.51. The van der Waals surface area contributed by atoms with Gasteiger partial charge in [-0.2, -0.15) is 5.10 Å². The molecule has 0 unspecified atom stereocenters. The lowest BCUT2D eigenvalue weighted by Gasteiger charge is -2.17. The molecule has 1 aromatic rings. The van der Waals surface area contributed by atoms with Crippen LogP contribution < -0.4 is 0 Å². The smallest absolute Gasteiger partial charge is 0.0427 e. The Hall–Kier alpha value is -1.05. The summed E-state index contributed by atoms with van der Waals surface area (Å²) in [5.74, 6) is 0. The Balaban J connectivity index is 1.79. The van der Waals surface area contributed by atoms with E-state index in [-0.39, 0.29) is 0 Å². The number of aromatic nitrogens is 1. The summed E-state index contributed by atoms with van der Waals surface area (Å²) < 4.78 is 2.27. The monoisotopic (exact) mass is 316 g/mol. The highest BCUT2D eigenvalue weighted by Gasteiger charge is 2.14. The van der Waals surface area contributed by atoms with Gasteiger partial charge >= 0.3 is 0 Å². The second kappa shape index (κ2) is 10.7. The predicted molar refractivity (Wildman–Crippen MR) is 101 cm³/mol. The molecule has 1 aliphatic rings. The van der Waals surface area contributed by atoms with Crippen molar-refractivity contribution in [1.29, 1.82) is 0 Å². The van der Waals surface area contributed by atoms with Crippen molar-refractivity contribution in [1.82, 2.24) is 4.68 Å². The van der Waals surface area contributed by atoms with Crippen LogP contribution in [0.5, 0.6) is 0 Å². The Morgan fingerprint density at radius 1 is 0.783 bits per heavy atom. The van der Waals surface area contributed by atoms with Crippen LogP contribution in [0, 0.1) is 0 Å². The molecule has 0 aromatic carbocycles. The Morgan fingerprint density at radius 2 is 1.43 bits per heavy atom. The van der Waals surface area contributed by atoms with Crippen LogP contribution in [0.3, 0.4) is 0 Å². The summed E-state index contributed by atoms with van der Waals surface area (Å²) >= 11 is 0. The minimum atomic E-state index is 1.17. The molecular weight excluding hydrogens is 280 g/mol. The Morgan fingerprint density at radius 3 is 2.13 bits per heavy atom. The summed E-state index contributed by atoms with van der Waals surface area (Å²) in [6.07, 6.45) is 18.3. The highest BCUT2D eigenvalue weighted by molar-refractivity contribution is 5.85. The average molecular weight is 317 g/mol. The minimum absolute atomic E-state index is 1.17. The van der Waals surface area contributed by atoms with E-state index < -0.39 is 0 Å². The van der Waals surface area contributed by atoms with Gasteiger partial charge in [0.05, 0.1) is 0 Å². The van der Waals surface area contributed by atoms with Crippen molar-refractivity contribution in [3.63, 3.8) is 0 Å².